The Hall–Kier alpha value is -0.910. The first-order valence-corrected chi connectivity index (χ1v) is 7.87. The second-order valence-electron chi connectivity index (χ2n) is 5.46. The quantitative estimate of drug-likeness (QED) is 0.472. The third-order valence-electron chi connectivity index (χ3n) is 3.87. The SMILES string of the molecule is COCCNCCCNCc1n[nH]c2c1CCCCC2. The lowest BCUT2D eigenvalue weighted by Gasteiger charge is -2.06. The van der Waals surface area contributed by atoms with E-state index in [4.69, 9.17) is 4.74 Å². The Kier molecular flexibility index (Phi) is 7.05. The molecule has 0 amide bonds. The molecule has 1 aromatic heterocycles. The van der Waals surface area contributed by atoms with Crippen molar-refractivity contribution in [3.05, 3.63) is 17.0 Å². The van der Waals surface area contributed by atoms with Crippen LogP contribution >= 0.6 is 0 Å². The van der Waals surface area contributed by atoms with Crippen LogP contribution in [-0.4, -0.2) is 43.5 Å². The maximum absolute atomic E-state index is 4.99. The number of H-pyrrole nitrogens is 1. The molecule has 0 atom stereocenters. The summed E-state index contributed by atoms with van der Waals surface area (Å²) in [5, 5.41) is 14.6. The third-order valence-corrected chi connectivity index (χ3v) is 3.87. The number of aromatic nitrogens is 2. The Balaban J connectivity index is 1.61. The third kappa shape index (κ3) is 4.89. The van der Waals surface area contributed by atoms with Crippen molar-refractivity contribution in [3.8, 4) is 0 Å². The second-order valence-corrected chi connectivity index (χ2v) is 5.46. The highest BCUT2D eigenvalue weighted by Gasteiger charge is 2.14. The maximum atomic E-state index is 4.99. The smallest absolute Gasteiger partial charge is 0.0794 e. The molecule has 5 nitrogen and oxygen atoms in total. The second kappa shape index (κ2) is 9.10. The highest BCUT2D eigenvalue weighted by atomic mass is 16.5. The summed E-state index contributed by atoms with van der Waals surface area (Å²) in [6.45, 7) is 4.68. The normalized spacial score (nSPS) is 15.1. The molecular weight excluding hydrogens is 252 g/mol. The van der Waals surface area contributed by atoms with Crippen molar-refractivity contribution in [2.75, 3.05) is 33.4 Å². The standard InChI is InChI=1S/C15H28N4O/c1-20-11-10-16-8-5-9-17-12-15-13-6-3-2-4-7-14(13)18-19-15/h16-17H,2-12H2,1H3,(H,18,19). The van der Waals surface area contributed by atoms with Crippen molar-refractivity contribution in [2.45, 2.75) is 45.1 Å². The van der Waals surface area contributed by atoms with Gasteiger partial charge in [0.15, 0.2) is 0 Å². The van der Waals surface area contributed by atoms with Gasteiger partial charge in [0.1, 0.15) is 0 Å². The molecule has 0 bridgehead atoms. The summed E-state index contributed by atoms with van der Waals surface area (Å²) in [7, 11) is 1.73. The number of nitrogens with one attached hydrogen (secondary N) is 3. The number of rotatable bonds is 9. The van der Waals surface area contributed by atoms with E-state index in [1.54, 1.807) is 7.11 Å². The van der Waals surface area contributed by atoms with E-state index in [0.717, 1.165) is 39.2 Å². The first kappa shape index (κ1) is 15.5. The number of ether oxygens (including phenoxy) is 1. The van der Waals surface area contributed by atoms with Crippen molar-refractivity contribution in [2.24, 2.45) is 0 Å². The molecule has 2 rings (SSSR count). The molecule has 0 saturated heterocycles. The molecule has 1 aromatic rings. The van der Waals surface area contributed by atoms with Crippen LogP contribution in [0.2, 0.25) is 0 Å². The van der Waals surface area contributed by atoms with Gasteiger partial charge in [-0.1, -0.05) is 6.42 Å². The average Bonchev–Trinajstić information content (AvgIpc) is 2.70. The molecule has 0 aliphatic heterocycles. The zero-order chi connectivity index (χ0) is 14.0. The Morgan fingerprint density at radius 2 is 1.95 bits per heavy atom. The largest absolute Gasteiger partial charge is 0.383 e. The van der Waals surface area contributed by atoms with E-state index in [1.807, 2.05) is 0 Å². The number of aryl methyl sites for hydroxylation is 1. The Morgan fingerprint density at radius 1 is 1.10 bits per heavy atom. The van der Waals surface area contributed by atoms with Gasteiger partial charge in [0.25, 0.3) is 0 Å². The summed E-state index contributed by atoms with van der Waals surface area (Å²) in [4.78, 5) is 0. The lowest BCUT2D eigenvalue weighted by Crippen LogP contribution is -2.24. The van der Waals surface area contributed by atoms with Gasteiger partial charge in [-0.2, -0.15) is 5.10 Å². The van der Waals surface area contributed by atoms with Crippen molar-refractivity contribution < 1.29 is 4.74 Å². The molecule has 0 saturated carbocycles. The van der Waals surface area contributed by atoms with Gasteiger partial charge in [0.2, 0.25) is 0 Å². The van der Waals surface area contributed by atoms with Crippen molar-refractivity contribution >= 4 is 0 Å². The molecule has 0 aromatic carbocycles. The molecule has 20 heavy (non-hydrogen) atoms. The molecular formula is C15H28N4O. The summed E-state index contributed by atoms with van der Waals surface area (Å²) in [5.74, 6) is 0. The van der Waals surface area contributed by atoms with Crippen LogP contribution in [0.25, 0.3) is 0 Å². The fraction of sp³-hybridized carbons (Fsp3) is 0.800. The van der Waals surface area contributed by atoms with E-state index >= 15 is 0 Å². The number of methoxy groups -OCH3 is 1. The lowest BCUT2D eigenvalue weighted by molar-refractivity contribution is 0.199. The van der Waals surface area contributed by atoms with E-state index in [2.05, 4.69) is 20.8 Å². The van der Waals surface area contributed by atoms with Crippen molar-refractivity contribution in [1.29, 1.82) is 0 Å². The lowest BCUT2D eigenvalue weighted by atomic mass is 10.1. The van der Waals surface area contributed by atoms with Gasteiger partial charge in [-0.15, -0.1) is 0 Å². The van der Waals surface area contributed by atoms with E-state index in [1.165, 1.54) is 49.1 Å². The monoisotopic (exact) mass is 280 g/mol. The van der Waals surface area contributed by atoms with Crippen LogP contribution in [0.4, 0.5) is 0 Å². The topological polar surface area (TPSA) is 62.0 Å². The number of nitrogens with zero attached hydrogens (tertiary/aromatic N) is 1. The minimum absolute atomic E-state index is 0.785. The minimum Gasteiger partial charge on any atom is -0.383 e. The summed E-state index contributed by atoms with van der Waals surface area (Å²) in [6, 6.07) is 0. The van der Waals surface area contributed by atoms with Gasteiger partial charge in [-0.05, 0) is 50.8 Å². The molecule has 1 aliphatic carbocycles. The van der Waals surface area contributed by atoms with Crippen LogP contribution in [0, 0.1) is 0 Å². The maximum Gasteiger partial charge on any atom is 0.0794 e. The summed E-state index contributed by atoms with van der Waals surface area (Å²) >= 11 is 0. The van der Waals surface area contributed by atoms with Gasteiger partial charge in [0.05, 0.1) is 12.3 Å². The Bertz CT molecular complexity index is 378. The first-order valence-electron chi connectivity index (χ1n) is 7.87. The molecule has 114 valence electrons. The molecule has 1 aliphatic rings. The molecule has 0 fully saturated rings. The number of hydrogen-bond acceptors (Lipinski definition) is 4. The van der Waals surface area contributed by atoms with Crippen molar-refractivity contribution in [1.82, 2.24) is 20.8 Å². The zero-order valence-corrected chi connectivity index (χ0v) is 12.6. The van der Waals surface area contributed by atoms with Gasteiger partial charge in [0, 0.05) is 25.9 Å². The van der Waals surface area contributed by atoms with Gasteiger partial charge < -0.3 is 15.4 Å². The molecule has 1 heterocycles. The first-order chi connectivity index (χ1) is 9.92. The number of fused-ring (bicyclic) bond motifs is 1. The molecule has 5 heteroatoms. The number of hydrogen-bond donors (Lipinski definition) is 3. The zero-order valence-electron chi connectivity index (χ0n) is 12.6. The predicted octanol–water partition coefficient (Wildman–Crippen LogP) is 1.39. The fourth-order valence-corrected chi connectivity index (χ4v) is 2.72. The molecule has 0 radical (unpaired) electrons. The predicted molar refractivity (Wildman–Crippen MR) is 80.9 cm³/mol. The average molecular weight is 280 g/mol. The Labute approximate surface area is 121 Å². The van der Waals surface area contributed by atoms with Crippen LogP contribution in [0.15, 0.2) is 0 Å². The van der Waals surface area contributed by atoms with Crippen LogP contribution < -0.4 is 10.6 Å². The highest BCUT2D eigenvalue weighted by Crippen LogP contribution is 2.21. The van der Waals surface area contributed by atoms with E-state index in [-0.39, 0.29) is 0 Å². The van der Waals surface area contributed by atoms with Gasteiger partial charge in [-0.25, -0.2) is 0 Å². The van der Waals surface area contributed by atoms with Crippen LogP contribution in [0.5, 0.6) is 0 Å². The van der Waals surface area contributed by atoms with E-state index < -0.39 is 0 Å². The van der Waals surface area contributed by atoms with Gasteiger partial charge in [-0.3, -0.25) is 5.10 Å². The van der Waals surface area contributed by atoms with Crippen molar-refractivity contribution in [3.63, 3.8) is 0 Å². The van der Waals surface area contributed by atoms with Crippen LogP contribution in [0.3, 0.4) is 0 Å². The van der Waals surface area contributed by atoms with Crippen LogP contribution in [-0.2, 0) is 24.1 Å². The molecule has 3 N–H and O–H groups in total. The van der Waals surface area contributed by atoms with E-state index in [9.17, 15) is 0 Å². The Morgan fingerprint density at radius 3 is 2.85 bits per heavy atom. The van der Waals surface area contributed by atoms with Crippen LogP contribution in [0.1, 0.15) is 42.6 Å². The van der Waals surface area contributed by atoms with Gasteiger partial charge >= 0.3 is 0 Å². The minimum atomic E-state index is 0.785. The molecule has 0 spiro atoms. The summed E-state index contributed by atoms with van der Waals surface area (Å²) < 4.78 is 4.99. The number of aromatic amines is 1. The summed E-state index contributed by atoms with van der Waals surface area (Å²) in [5.41, 5.74) is 4.09. The fourth-order valence-electron chi connectivity index (χ4n) is 2.72. The highest BCUT2D eigenvalue weighted by molar-refractivity contribution is 5.26. The van der Waals surface area contributed by atoms with E-state index in [0.29, 0.717) is 0 Å². The molecule has 0 unspecified atom stereocenters. The summed E-state index contributed by atoms with van der Waals surface area (Å²) in [6.07, 6.45) is 7.46.